The lowest BCUT2D eigenvalue weighted by atomic mass is 10.1. The normalized spacial score (nSPS) is 12.0. The van der Waals surface area contributed by atoms with Crippen LogP contribution in [0.15, 0.2) is 23.2 Å². The van der Waals surface area contributed by atoms with E-state index in [0.29, 0.717) is 44.4 Å². The molecule has 1 rings (SSSR count). The number of nitrogens with one attached hydrogen (secondary N) is 2. The van der Waals surface area contributed by atoms with Crippen LogP contribution in [0.25, 0.3) is 0 Å². The number of hydrogen-bond acceptors (Lipinski definition) is 4. The van der Waals surface area contributed by atoms with E-state index in [9.17, 15) is 13.2 Å². The van der Waals surface area contributed by atoms with Crippen LogP contribution < -0.4 is 20.1 Å². The number of benzene rings is 1. The van der Waals surface area contributed by atoms with Gasteiger partial charge in [-0.05, 0) is 50.8 Å². The summed E-state index contributed by atoms with van der Waals surface area (Å²) in [5, 5.41) is 6.22. The molecule has 0 atom stereocenters. The van der Waals surface area contributed by atoms with Gasteiger partial charge in [-0.3, -0.25) is 4.99 Å². The molecule has 2 N–H and O–H groups in total. The summed E-state index contributed by atoms with van der Waals surface area (Å²) in [6.45, 7) is 5.10. The Morgan fingerprint density at radius 1 is 1.10 bits per heavy atom. The first-order valence-electron chi connectivity index (χ1n) is 9.86. The van der Waals surface area contributed by atoms with Gasteiger partial charge in [-0.15, -0.1) is 0 Å². The van der Waals surface area contributed by atoms with E-state index in [0.717, 1.165) is 24.2 Å². The predicted molar refractivity (Wildman–Crippen MR) is 108 cm³/mol. The Balaban J connectivity index is 2.37. The molecule has 0 amide bonds. The van der Waals surface area contributed by atoms with E-state index in [1.807, 2.05) is 32.0 Å². The van der Waals surface area contributed by atoms with E-state index in [1.165, 1.54) is 0 Å². The van der Waals surface area contributed by atoms with E-state index in [2.05, 4.69) is 20.4 Å². The summed E-state index contributed by atoms with van der Waals surface area (Å²) in [5.74, 6) is 2.10. The van der Waals surface area contributed by atoms with Crippen LogP contribution in [0.3, 0.4) is 0 Å². The molecule has 0 aliphatic rings. The number of guanidine groups is 1. The molecule has 0 aromatic heterocycles. The van der Waals surface area contributed by atoms with Crippen molar-refractivity contribution < 1.29 is 27.4 Å². The minimum absolute atomic E-state index is 0.0472. The lowest BCUT2D eigenvalue weighted by molar-refractivity contribution is -0.173. The highest BCUT2D eigenvalue weighted by Crippen LogP contribution is 2.28. The molecule has 0 aliphatic heterocycles. The number of ether oxygens (including phenoxy) is 3. The van der Waals surface area contributed by atoms with Crippen molar-refractivity contribution in [3.63, 3.8) is 0 Å². The van der Waals surface area contributed by atoms with Gasteiger partial charge in [-0.25, -0.2) is 0 Å². The topological polar surface area (TPSA) is 64.1 Å². The van der Waals surface area contributed by atoms with Crippen molar-refractivity contribution in [2.24, 2.45) is 4.99 Å². The van der Waals surface area contributed by atoms with Crippen LogP contribution in [0.1, 0.15) is 32.3 Å². The van der Waals surface area contributed by atoms with Gasteiger partial charge in [0.1, 0.15) is 6.61 Å². The molecule has 0 radical (unpaired) electrons. The third-order valence-corrected chi connectivity index (χ3v) is 3.79. The molecule has 9 heteroatoms. The Kier molecular flexibility index (Phi) is 11.9. The van der Waals surface area contributed by atoms with Crippen LogP contribution >= 0.6 is 0 Å². The largest absolute Gasteiger partial charge is 0.493 e. The van der Waals surface area contributed by atoms with E-state index >= 15 is 0 Å². The summed E-state index contributed by atoms with van der Waals surface area (Å²) in [6, 6.07) is 5.89. The first-order valence-corrected chi connectivity index (χ1v) is 9.86. The zero-order chi connectivity index (χ0) is 21.5. The number of alkyl halides is 3. The molecule has 0 heterocycles. The van der Waals surface area contributed by atoms with Crippen molar-refractivity contribution >= 4 is 5.96 Å². The highest BCUT2D eigenvalue weighted by molar-refractivity contribution is 5.79. The Morgan fingerprint density at radius 2 is 1.90 bits per heavy atom. The summed E-state index contributed by atoms with van der Waals surface area (Å²) >= 11 is 0. The average molecular weight is 419 g/mol. The SMILES string of the molecule is CCNC(=NCCCc1ccc(OC)c(OCC)c1)NCCCOCC(F)(F)F. The zero-order valence-corrected chi connectivity index (χ0v) is 17.4. The Hall–Kier alpha value is -2.16. The van der Waals surface area contributed by atoms with Crippen LogP contribution in [0.4, 0.5) is 13.2 Å². The molecule has 0 unspecified atom stereocenters. The number of aryl methyl sites for hydroxylation is 1. The number of methoxy groups -OCH3 is 1. The summed E-state index contributed by atoms with van der Waals surface area (Å²) in [6.07, 6.45) is -2.12. The van der Waals surface area contributed by atoms with Crippen molar-refractivity contribution in [3.8, 4) is 11.5 Å². The van der Waals surface area contributed by atoms with Crippen molar-refractivity contribution in [1.82, 2.24) is 10.6 Å². The van der Waals surface area contributed by atoms with Gasteiger partial charge in [0.05, 0.1) is 13.7 Å². The van der Waals surface area contributed by atoms with Gasteiger partial charge in [-0.1, -0.05) is 6.07 Å². The quantitative estimate of drug-likeness (QED) is 0.291. The van der Waals surface area contributed by atoms with E-state index in [-0.39, 0.29) is 6.61 Å². The average Bonchev–Trinajstić information content (AvgIpc) is 2.67. The minimum atomic E-state index is -4.28. The van der Waals surface area contributed by atoms with Crippen LogP contribution in [0, 0.1) is 0 Å². The molecule has 0 bridgehead atoms. The van der Waals surface area contributed by atoms with Crippen molar-refractivity contribution in [2.45, 2.75) is 39.3 Å². The van der Waals surface area contributed by atoms with Gasteiger partial charge >= 0.3 is 6.18 Å². The van der Waals surface area contributed by atoms with Crippen molar-refractivity contribution in [2.75, 3.05) is 46.6 Å². The number of rotatable bonds is 13. The first-order chi connectivity index (χ1) is 13.9. The first kappa shape index (κ1) is 24.9. The number of hydrogen-bond donors (Lipinski definition) is 2. The number of halogens is 3. The van der Waals surface area contributed by atoms with Gasteiger partial charge in [0.2, 0.25) is 0 Å². The van der Waals surface area contributed by atoms with Gasteiger partial charge in [0.15, 0.2) is 17.5 Å². The molecule has 0 fully saturated rings. The molecule has 29 heavy (non-hydrogen) atoms. The summed E-state index contributed by atoms with van der Waals surface area (Å²) in [5.41, 5.74) is 1.14. The smallest absolute Gasteiger partial charge is 0.411 e. The molecule has 1 aromatic rings. The van der Waals surface area contributed by atoms with Gasteiger partial charge in [0, 0.05) is 26.2 Å². The molecule has 0 aliphatic carbocycles. The molecular weight excluding hydrogens is 387 g/mol. The Bertz CT molecular complexity index is 610. The molecule has 0 spiro atoms. The van der Waals surface area contributed by atoms with Crippen LogP contribution in [0.5, 0.6) is 11.5 Å². The highest BCUT2D eigenvalue weighted by atomic mass is 19.4. The standard InChI is InChI=1S/C20H32F3N3O3/c1-4-24-19(26-12-7-13-28-15-20(21,22)23)25-11-6-8-16-9-10-17(27-3)18(14-16)29-5-2/h9-10,14H,4-8,11-13,15H2,1-3H3,(H2,24,25,26). The Labute approximate surface area is 170 Å². The molecule has 166 valence electrons. The van der Waals surface area contributed by atoms with Crippen LogP contribution in [-0.4, -0.2) is 58.7 Å². The van der Waals surface area contributed by atoms with Crippen LogP contribution in [-0.2, 0) is 11.2 Å². The molecular formula is C20H32F3N3O3. The van der Waals surface area contributed by atoms with Gasteiger partial charge in [0.25, 0.3) is 0 Å². The van der Waals surface area contributed by atoms with Gasteiger partial charge < -0.3 is 24.8 Å². The van der Waals surface area contributed by atoms with Crippen molar-refractivity contribution in [3.05, 3.63) is 23.8 Å². The molecule has 6 nitrogen and oxygen atoms in total. The number of nitrogens with zero attached hydrogens (tertiary/aromatic N) is 1. The zero-order valence-electron chi connectivity index (χ0n) is 17.4. The maximum absolute atomic E-state index is 12.0. The second kappa shape index (κ2) is 13.9. The maximum atomic E-state index is 12.0. The Morgan fingerprint density at radius 3 is 2.55 bits per heavy atom. The van der Waals surface area contributed by atoms with Gasteiger partial charge in [-0.2, -0.15) is 13.2 Å². The summed E-state index contributed by atoms with van der Waals surface area (Å²) in [7, 11) is 1.62. The third-order valence-electron chi connectivity index (χ3n) is 3.79. The minimum Gasteiger partial charge on any atom is -0.493 e. The van der Waals surface area contributed by atoms with E-state index < -0.39 is 12.8 Å². The fourth-order valence-electron chi connectivity index (χ4n) is 2.53. The van der Waals surface area contributed by atoms with Crippen LogP contribution in [0.2, 0.25) is 0 Å². The molecule has 1 aromatic carbocycles. The van der Waals surface area contributed by atoms with Crippen molar-refractivity contribution in [1.29, 1.82) is 0 Å². The lowest BCUT2D eigenvalue weighted by Gasteiger charge is -2.12. The fraction of sp³-hybridized carbons (Fsp3) is 0.650. The summed E-state index contributed by atoms with van der Waals surface area (Å²) in [4.78, 5) is 4.50. The van der Waals surface area contributed by atoms with E-state index in [1.54, 1.807) is 7.11 Å². The predicted octanol–water partition coefficient (Wildman–Crippen LogP) is 3.55. The monoisotopic (exact) mass is 419 g/mol. The second-order valence-corrected chi connectivity index (χ2v) is 6.23. The highest BCUT2D eigenvalue weighted by Gasteiger charge is 2.27. The molecule has 0 saturated carbocycles. The lowest BCUT2D eigenvalue weighted by Crippen LogP contribution is -2.38. The molecule has 0 saturated heterocycles. The van der Waals surface area contributed by atoms with E-state index in [4.69, 9.17) is 9.47 Å². The maximum Gasteiger partial charge on any atom is 0.411 e. The summed E-state index contributed by atoms with van der Waals surface area (Å²) < 4.78 is 51.5. The number of aliphatic imine (C=N–C) groups is 1. The second-order valence-electron chi connectivity index (χ2n) is 6.23. The third kappa shape index (κ3) is 11.4. The fourth-order valence-corrected chi connectivity index (χ4v) is 2.53.